The van der Waals surface area contributed by atoms with Gasteiger partial charge in [0.1, 0.15) is 0 Å². The van der Waals surface area contributed by atoms with E-state index in [2.05, 4.69) is 12.2 Å². The van der Waals surface area contributed by atoms with Crippen LogP contribution in [-0.2, 0) is 13.6 Å². The zero-order valence-electron chi connectivity index (χ0n) is 10.5. The van der Waals surface area contributed by atoms with Crippen LogP contribution in [-0.4, -0.2) is 42.7 Å². The van der Waals surface area contributed by atoms with Crippen molar-refractivity contribution in [3.8, 4) is 0 Å². The maximum Gasteiger partial charge on any atom is 0.407 e. The van der Waals surface area contributed by atoms with Crippen LogP contribution >= 0.6 is 0 Å². The molecule has 0 aliphatic rings. The number of carbonyl (C=O) groups is 1. The van der Waals surface area contributed by atoms with Gasteiger partial charge in [-0.1, -0.05) is 6.92 Å². The Morgan fingerprint density at radius 2 is 2.00 bits per heavy atom. The monoisotopic (exact) mass is 248 g/mol. The molecule has 0 saturated heterocycles. The topological polar surface area (TPSA) is 56.8 Å². The lowest BCUT2D eigenvalue weighted by Crippen LogP contribution is -2.27. The molecule has 0 fully saturated rings. The molecule has 0 aromatic heterocycles. The number of hydrogen-bond donors (Lipinski definition) is 1. The number of ether oxygens (including phenoxy) is 1. The molecule has 1 N–H and O–H groups in total. The molecule has 0 aromatic carbocycles. The number of amides is 1. The summed E-state index contributed by atoms with van der Waals surface area (Å²) >= 11 is 0. The molecule has 0 spiro atoms. The highest BCUT2D eigenvalue weighted by molar-refractivity contribution is 6.46. The van der Waals surface area contributed by atoms with Gasteiger partial charge in [-0.3, -0.25) is 0 Å². The van der Waals surface area contributed by atoms with E-state index in [0.717, 1.165) is 12.8 Å². The Morgan fingerprint density at radius 3 is 2.50 bits per heavy atom. The number of nitrogens with one attached hydrogen (secondary N) is 1. The Kier molecular flexibility index (Phi) is 9.26. The Bertz CT molecular complexity index is 188. The van der Waals surface area contributed by atoms with E-state index in [1.807, 2.05) is 0 Å². The van der Waals surface area contributed by atoms with Gasteiger partial charge >= 0.3 is 15.4 Å². The van der Waals surface area contributed by atoms with Crippen molar-refractivity contribution >= 4 is 15.4 Å². The Labute approximate surface area is 99.3 Å². The van der Waals surface area contributed by atoms with Gasteiger partial charge in [0, 0.05) is 26.3 Å². The number of carbonyl (C=O) groups excluding carboxylic acids is 1. The van der Waals surface area contributed by atoms with E-state index in [1.54, 1.807) is 21.1 Å². The van der Waals surface area contributed by atoms with E-state index < -0.39 is 9.28 Å². The molecular formula is C10H22NO4Si. The zero-order chi connectivity index (χ0) is 12.4. The summed E-state index contributed by atoms with van der Waals surface area (Å²) in [5.74, 6) is 0. The number of hydrogen-bond acceptors (Lipinski definition) is 4. The van der Waals surface area contributed by atoms with E-state index in [-0.39, 0.29) is 6.09 Å². The number of alkyl carbamates (subject to hydrolysis) is 1. The normalized spacial score (nSPS) is 12.6. The van der Waals surface area contributed by atoms with E-state index in [9.17, 15) is 4.79 Å². The molecule has 1 atom stereocenters. The van der Waals surface area contributed by atoms with Gasteiger partial charge in [-0.25, -0.2) is 4.79 Å². The highest BCUT2D eigenvalue weighted by Crippen LogP contribution is 2.16. The van der Waals surface area contributed by atoms with Crippen LogP contribution in [0.5, 0.6) is 0 Å². The van der Waals surface area contributed by atoms with Crippen molar-refractivity contribution in [3.05, 3.63) is 0 Å². The molecule has 0 aromatic rings. The van der Waals surface area contributed by atoms with Crippen LogP contribution in [0.3, 0.4) is 0 Å². The molecule has 5 nitrogen and oxygen atoms in total. The van der Waals surface area contributed by atoms with Crippen molar-refractivity contribution in [3.63, 3.8) is 0 Å². The van der Waals surface area contributed by atoms with Gasteiger partial charge in [-0.2, -0.15) is 0 Å². The predicted molar refractivity (Wildman–Crippen MR) is 63.5 cm³/mol. The van der Waals surface area contributed by atoms with Crippen LogP contribution in [0.15, 0.2) is 0 Å². The fraction of sp³-hybridized carbons (Fsp3) is 0.900. The highest BCUT2D eigenvalue weighted by atomic mass is 28.3. The van der Waals surface area contributed by atoms with Crippen LogP contribution in [0.1, 0.15) is 26.7 Å². The van der Waals surface area contributed by atoms with Gasteiger partial charge in [0.25, 0.3) is 0 Å². The Morgan fingerprint density at radius 1 is 1.38 bits per heavy atom. The molecule has 0 saturated carbocycles. The lowest BCUT2D eigenvalue weighted by molar-refractivity contribution is 0.152. The molecule has 0 bridgehead atoms. The predicted octanol–water partition coefficient (Wildman–Crippen LogP) is 1.68. The van der Waals surface area contributed by atoms with Gasteiger partial charge in [0.2, 0.25) is 0 Å². The lowest BCUT2D eigenvalue weighted by Gasteiger charge is -2.16. The smallest absolute Gasteiger partial charge is 0.407 e. The average Bonchev–Trinajstić information content (AvgIpc) is 2.26. The maximum atomic E-state index is 11.0. The summed E-state index contributed by atoms with van der Waals surface area (Å²) in [6, 6.07) is 0. The number of rotatable bonds is 8. The second-order valence-electron chi connectivity index (χ2n) is 3.42. The maximum absolute atomic E-state index is 11.0. The van der Waals surface area contributed by atoms with Crippen LogP contribution in [0.25, 0.3) is 0 Å². The SMILES string of the molecule is CCOC(=O)NCCCC(C)[Si](OC)OC. The molecule has 6 heteroatoms. The molecule has 0 aliphatic carbocycles. The van der Waals surface area contributed by atoms with Crippen molar-refractivity contribution in [1.82, 2.24) is 5.32 Å². The summed E-state index contributed by atoms with van der Waals surface area (Å²) in [4.78, 5) is 11.0. The minimum atomic E-state index is -1.16. The first-order valence-electron chi connectivity index (χ1n) is 5.51. The third-order valence-electron chi connectivity index (χ3n) is 2.16. The van der Waals surface area contributed by atoms with Crippen LogP contribution in [0, 0.1) is 0 Å². The van der Waals surface area contributed by atoms with Gasteiger partial charge < -0.3 is 18.9 Å². The fourth-order valence-electron chi connectivity index (χ4n) is 1.38. The fourth-order valence-corrected chi connectivity index (χ4v) is 2.80. The molecule has 0 aliphatic heterocycles. The standard InChI is InChI=1S/C10H22NO4Si/c1-5-15-10(12)11-8-6-7-9(2)16(13-3)14-4/h9H,5-8H2,1-4H3,(H,11,12). The molecule has 95 valence electrons. The molecule has 0 rings (SSSR count). The van der Waals surface area contributed by atoms with E-state index >= 15 is 0 Å². The summed E-state index contributed by atoms with van der Waals surface area (Å²) in [5, 5.41) is 2.68. The largest absolute Gasteiger partial charge is 0.450 e. The van der Waals surface area contributed by atoms with Crippen molar-refractivity contribution < 1.29 is 18.4 Å². The molecule has 16 heavy (non-hydrogen) atoms. The van der Waals surface area contributed by atoms with E-state index in [1.165, 1.54) is 0 Å². The first-order chi connectivity index (χ1) is 7.65. The van der Waals surface area contributed by atoms with Crippen molar-refractivity contribution in [2.75, 3.05) is 27.4 Å². The molecular weight excluding hydrogens is 226 g/mol. The van der Waals surface area contributed by atoms with E-state index in [0.29, 0.717) is 18.7 Å². The zero-order valence-corrected chi connectivity index (χ0v) is 11.5. The molecule has 0 heterocycles. The minimum Gasteiger partial charge on any atom is -0.450 e. The Balaban J connectivity index is 3.54. The van der Waals surface area contributed by atoms with Gasteiger partial charge in [-0.05, 0) is 19.8 Å². The quantitative estimate of drug-likeness (QED) is 0.524. The summed E-state index contributed by atoms with van der Waals surface area (Å²) in [5.41, 5.74) is 0.406. The molecule has 1 unspecified atom stereocenters. The average molecular weight is 248 g/mol. The second kappa shape index (κ2) is 9.62. The van der Waals surface area contributed by atoms with E-state index in [4.69, 9.17) is 13.6 Å². The lowest BCUT2D eigenvalue weighted by atomic mass is 10.2. The summed E-state index contributed by atoms with van der Waals surface area (Å²) < 4.78 is 15.2. The highest BCUT2D eigenvalue weighted by Gasteiger charge is 2.21. The summed E-state index contributed by atoms with van der Waals surface area (Å²) in [7, 11) is 2.19. The summed E-state index contributed by atoms with van der Waals surface area (Å²) in [6.07, 6.45) is 1.53. The van der Waals surface area contributed by atoms with Crippen molar-refractivity contribution in [1.29, 1.82) is 0 Å². The van der Waals surface area contributed by atoms with Crippen molar-refractivity contribution in [2.45, 2.75) is 32.2 Å². The van der Waals surface area contributed by atoms with Crippen LogP contribution < -0.4 is 5.32 Å². The second-order valence-corrected chi connectivity index (χ2v) is 5.86. The molecule has 1 radical (unpaired) electrons. The van der Waals surface area contributed by atoms with Crippen LogP contribution in [0.2, 0.25) is 5.54 Å². The van der Waals surface area contributed by atoms with Gasteiger partial charge in [-0.15, -0.1) is 0 Å². The first kappa shape index (κ1) is 15.4. The Hall–Kier alpha value is -0.593. The summed E-state index contributed by atoms with van der Waals surface area (Å²) in [6.45, 7) is 4.92. The first-order valence-corrected chi connectivity index (χ1v) is 6.90. The third kappa shape index (κ3) is 6.81. The minimum absolute atomic E-state index is 0.348. The van der Waals surface area contributed by atoms with Gasteiger partial charge in [0.05, 0.1) is 6.61 Å². The third-order valence-corrected chi connectivity index (χ3v) is 4.06. The van der Waals surface area contributed by atoms with Crippen molar-refractivity contribution in [2.24, 2.45) is 0 Å². The van der Waals surface area contributed by atoms with Gasteiger partial charge in [0.15, 0.2) is 0 Å². The molecule has 1 amide bonds. The van der Waals surface area contributed by atoms with Crippen LogP contribution in [0.4, 0.5) is 4.79 Å².